The van der Waals surface area contributed by atoms with Crippen LogP contribution in [0.3, 0.4) is 0 Å². The van der Waals surface area contributed by atoms with Crippen molar-refractivity contribution >= 4 is 23.3 Å². The molecule has 0 unspecified atom stereocenters. The standard InChI is InChI=1S/C18H22ClNO4/c1-17(2)23-11-18(12-24-17)9-20(10-18)16(22)8-7-15(21)13-3-5-14(19)6-4-13/h3-6H,7-12H2,1-2H3. The van der Waals surface area contributed by atoms with Crippen LogP contribution in [-0.4, -0.2) is 48.7 Å². The summed E-state index contributed by atoms with van der Waals surface area (Å²) < 4.78 is 11.4. The van der Waals surface area contributed by atoms with Crippen LogP contribution in [0.25, 0.3) is 0 Å². The lowest BCUT2D eigenvalue weighted by Crippen LogP contribution is -2.65. The highest BCUT2D eigenvalue weighted by Crippen LogP contribution is 2.37. The molecule has 0 bridgehead atoms. The smallest absolute Gasteiger partial charge is 0.223 e. The van der Waals surface area contributed by atoms with Crippen molar-refractivity contribution in [2.75, 3.05) is 26.3 Å². The summed E-state index contributed by atoms with van der Waals surface area (Å²) in [6.07, 6.45) is 0.439. The van der Waals surface area contributed by atoms with E-state index >= 15 is 0 Å². The Bertz CT molecular complexity index is 623. The highest BCUT2D eigenvalue weighted by molar-refractivity contribution is 6.30. The fourth-order valence-electron chi connectivity index (χ4n) is 3.02. The van der Waals surface area contributed by atoms with Gasteiger partial charge in [-0.15, -0.1) is 0 Å². The van der Waals surface area contributed by atoms with Gasteiger partial charge in [-0.2, -0.15) is 0 Å². The topological polar surface area (TPSA) is 55.8 Å². The highest BCUT2D eigenvalue weighted by atomic mass is 35.5. The molecule has 0 saturated carbocycles. The normalized spacial score (nSPS) is 21.4. The third-order valence-electron chi connectivity index (χ3n) is 4.59. The molecular formula is C18H22ClNO4. The average molecular weight is 352 g/mol. The lowest BCUT2D eigenvalue weighted by atomic mass is 9.80. The number of ketones is 1. The molecule has 0 aliphatic carbocycles. The molecule has 5 nitrogen and oxygen atoms in total. The van der Waals surface area contributed by atoms with Crippen LogP contribution in [0.2, 0.25) is 5.02 Å². The van der Waals surface area contributed by atoms with Gasteiger partial charge in [-0.1, -0.05) is 11.6 Å². The minimum atomic E-state index is -0.541. The number of carbonyl (C=O) groups excluding carboxylic acids is 2. The van der Waals surface area contributed by atoms with Crippen LogP contribution >= 0.6 is 11.6 Å². The molecule has 24 heavy (non-hydrogen) atoms. The molecular weight excluding hydrogens is 330 g/mol. The first-order valence-electron chi connectivity index (χ1n) is 8.13. The molecule has 130 valence electrons. The zero-order valence-electron chi connectivity index (χ0n) is 14.0. The van der Waals surface area contributed by atoms with E-state index < -0.39 is 5.79 Å². The quantitative estimate of drug-likeness (QED) is 0.783. The Balaban J connectivity index is 1.44. The van der Waals surface area contributed by atoms with E-state index in [1.165, 1.54) is 0 Å². The largest absolute Gasteiger partial charge is 0.350 e. The van der Waals surface area contributed by atoms with Gasteiger partial charge in [-0.25, -0.2) is 0 Å². The van der Waals surface area contributed by atoms with Crippen molar-refractivity contribution in [1.82, 2.24) is 4.90 Å². The second kappa shape index (κ2) is 6.47. The van der Waals surface area contributed by atoms with Gasteiger partial charge in [0.25, 0.3) is 0 Å². The summed E-state index contributed by atoms with van der Waals surface area (Å²) in [7, 11) is 0. The first-order chi connectivity index (χ1) is 11.3. The summed E-state index contributed by atoms with van der Waals surface area (Å²) in [4.78, 5) is 26.1. The van der Waals surface area contributed by atoms with Crippen LogP contribution in [0, 0.1) is 5.41 Å². The summed E-state index contributed by atoms with van der Waals surface area (Å²) >= 11 is 5.81. The van der Waals surface area contributed by atoms with Crippen molar-refractivity contribution in [2.24, 2.45) is 5.41 Å². The fourth-order valence-corrected chi connectivity index (χ4v) is 3.14. The van der Waals surface area contributed by atoms with Gasteiger partial charge in [-0.05, 0) is 38.1 Å². The molecule has 2 heterocycles. The molecule has 6 heteroatoms. The molecule has 1 aromatic carbocycles. The number of benzene rings is 1. The molecule has 1 aromatic rings. The van der Waals surface area contributed by atoms with E-state index in [0.29, 0.717) is 36.9 Å². The number of carbonyl (C=O) groups is 2. The van der Waals surface area contributed by atoms with E-state index in [2.05, 4.69) is 0 Å². The van der Waals surface area contributed by atoms with Crippen molar-refractivity contribution < 1.29 is 19.1 Å². The van der Waals surface area contributed by atoms with E-state index in [4.69, 9.17) is 21.1 Å². The van der Waals surface area contributed by atoms with Gasteiger partial charge in [-0.3, -0.25) is 9.59 Å². The monoisotopic (exact) mass is 351 g/mol. The van der Waals surface area contributed by atoms with E-state index in [0.717, 1.165) is 0 Å². The first-order valence-corrected chi connectivity index (χ1v) is 8.51. The predicted octanol–water partition coefficient (Wildman–Crippen LogP) is 2.91. The van der Waals surface area contributed by atoms with Crippen LogP contribution in [0.1, 0.15) is 37.0 Å². The Labute approximate surface area is 146 Å². The second-order valence-electron chi connectivity index (χ2n) is 7.16. The van der Waals surface area contributed by atoms with Gasteiger partial charge in [0.15, 0.2) is 11.6 Å². The van der Waals surface area contributed by atoms with Crippen molar-refractivity contribution in [1.29, 1.82) is 0 Å². The minimum Gasteiger partial charge on any atom is -0.350 e. The van der Waals surface area contributed by atoms with E-state index in [1.807, 2.05) is 13.8 Å². The fraction of sp³-hybridized carbons (Fsp3) is 0.556. The molecule has 2 fully saturated rings. The molecule has 2 aliphatic rings. The Hall–Kier alpha value is -1.43. The van der Waals surface area contributed by atoms with Crippen LogP contribution in [0.5, 0.6) is 0 Å². The van der Waals surface area contributed by atoms with Crippen LogP contribution < -0.4 is 0 Å². The summed E-state index contributed by atoms with van der Waals surface area (Å²) in [5.74, 6) is -0.574. The number of ether oxygens (including phenoxy) is 2. The Morgan fingerprint density at radius 3 is 2.25 bits per heavy atom. The van der Waals surface area contributed by atoms with Gasteiger partial charge >= 0.3 is 0 Å². The molecule has 0 aromatic heterocycles. The van der Waals surface area contributed by atoms with Gasteiger partial charge in [0.05, 0.1) is 18.6 Å². The number of rotatable bonds is 4. The van der Waals surface area contributed by atoms with Crippen molar-refractivity contribution in [2.45, 2.75) is 32.5 Å². The summed E-state index contributed by atoms with van der Waals surface area (Å²) in [5, 5.41) is 0.591. The Morgan fingerprint density at radius 1 is 1.08 bits per heavy atom. The SMILES string of the molecule is CC1(C)OCC2(CO1)CN(C(=O)CCC(=O)c1ccc(Cl)cc1)C2. The lowest BCUT2D eigenvalue weighted by Gasteiger charge is -2.54. The van der Waals surface area contributed by atoms with E-state index in [1.54, 1.807) is 29.2 Å². The minimum absolute atomic E-state index is 0.00720. The van der Waals surface area contributed by atoms with Gasteiger partial charge in [0, 0.05) is 36.5 Å². The number of nitrogens with zero attached hydrogens (tertiary/aromatic N) is 1. The maximum atomic E-state index is 12.2. The third-order valence-corrected chi connectivity index (χ3v) is 4.84. The maximum absolute atomic E-state index is 12.2. The molecule has 0 N–H and O–H groups in total. The number of likely N-dealkylation sites (tertiary alicyclic amines) is 1. The van der Waals surface area contributed by atoms with Crippen LogP contribution in [0.15, 0.2) is 24.3 Å². The van der Waals surface area contributed by atoms with Gasteiger partial charge < -0.3 is 14.4 Å². The summed E-state index contributed by atoms with van der Waals surface area (Å²) in [5.41, 5.74) is 0.509. The number of Topliss-reactive ketones (excluding diaryl/α,β-unsaturated/α-hetero) is 1. The molecule has 3 rings (SSSR count). The highest BCUT2D eigenvalue weighted by Gasteiger charge is 2.49. The third kappa shape index (κ3) is 3.79. The van der Waals surface area contributed by atoms with E-state index in [-0.39, 0.29) is 29.9 Å². The van der Waals surface area contributed by atoms with E-state index in [9.17, 15) is 9.59 Å². The van der Waals surface area contributed by atoms with Crippen molar-refractivity contribution in [3.8, 4) is 0 Å². The number of amides is 1. The summed E-state index contributed by atoms with van der Waals surface area (Å²) in [6, 6.07) is 6.74. The zero-order chi connectivity index (χ0) is 17.4. The van der Waals surface area contributed by atoms with Crippen LogP contribution in [-0.2, 0) is 14.3 Å². The molecule has 0 radical (unpaired) electrons. The molecule has 1 amide bonds. The Morgan fingerprint density at radius 2 is 1.67 bits per heavy atom. The van der Waals surface area contributed by atoms with Crippen molar-refractivity contribution in [3.05, 3.63) is 34.9 Å². The van der Waals surface area contributed by atoms with Crippen LogP contribution in [0.4, 0.5) is 0 Å². The summed E-state index contributed by atoms with van der Waals surface area (Å²) in [6.45, 7) is 6.27. The number of hydrogen-bond donors (Lipinski definition) is 0. The molecule has 0 atom stereocenters. The molecule has 2 saturated heterocycles. The maximum Gasteiger partial charge on any atom is 0.223 e. The molecule has 1 spiro atoms. The second-order valence-corrected chi connectivity index (χ2v) is 7.59. The predicted molar refractivity (Wildman–Crippen MR) is 90.0 cm³/mol. The number of hydrogen-bond acceptors (Lipinski definition) is 4. The van der Waals surface area contributed by atoms with Gasteiger partial charge in [0.2, 0.25) is 5.91 Å². The van der Waals surface area contributed by atoms with Gasteiger partial charge in [0.1, 0.15) is 0 Å². The number of halogens is 1. The molecule has 2 aliphatic heterocycles. The zero-order valence-corrected chi connectivity index (χ0v) is 14.8. The first kappa shape index (κ1) is 17.4. The Kier molecular flexibility index (Phi) is 4.69. The average Bonchev–Trinajstić information content (AvgIpc) is 2.51. The van der Waals surface area contributed by atoms with Crippen molar-refractivity contribution in [3.63, 3.8) is 0 Å². The lowest BCUT2D eigenvalue weighted by molar-refractivity contribution is -0.302.